The Bertz CT molecular complexity index is 392. The lowest BCUT2D eigenvalue weighted by molar-refractivity contribution is -0.156. The summed E-state index contributed by atoms with van der Waals surface area (Å²) in [5.74, 6) is -0.860. The number of aliphatic hydroxyl groups excluding tert-OH is 2. The molecule has 1 rings (SSSR count). The van der Waals surface area contributed by atoms with Gasteiger partial charge in [-0.15, -0.1) is 0 Å². The molecule has 5 heteroatoms. The summed E-state index contributed by atoms with van der Waals surface area (Å²) in [6, 6.07) is 5.30. The highest BCUT2D eigenvalue weighted by Gasteiger charge is 2.27. The zero-order valence-electron chi connectivity index (χ0n) is 8.98. The van der Waals surface area contributed by atoms with Crippen LogP contribution < -0.4 is 0 Å². The third-order valence-corrected chi connectivity index (χ3v) is 2.93. The maximum absolute atomic E-state index is 11.1. The molecule has 0 bridgehead atoms. The molecule has 0 saturated carbocycles. The second-order valence-corrected chi connectivity index (χ2v) is 4.29. The highest BCUT2D eigenvalue weighted by molar-refractivity contribution is 9.10. The molecule has 2 N–H and O–H groups in total. The minimum absolute atomic E-state index is 0.456. The standard InChI is InChI=1S/C11H13BrO4/c1-6-3-4-8(12)7(5-6)9(13)10(14)11(15)16-2/h3-5,9-10,13-14H,1-2H3. The second-order valence-electron chi connectivity index (χ2n) is 3.44. The quantitative estimate of drug-likeness (QED) is 0.824. The van der Waals surface area contributed by atoms with E-state index in [9.17, 15) is 15.0 Å². The van der Waals surface area contributed by atoms with Crippen LogP contribution in [-0.2, 0) is 9.53 Å². The van der Waals surface area contributed by atoms with Crippen molar-refractivity contribution in [2.45, 2.75) is 19.1 Å². The predicted molar refractivity (Wildman–Crippen MR) is 61.9 cm³/mol. The number of rotatable bonds is 3. The molecule has 0 heterocycles. The van der Waals surface area contributed by atoms with Crippen LogP contribution >= 0.6 is 15.9 Å². The summed E-state index contributed by atoms with van der Waals surface area (Å²) in [5, 5.41) is 19.3. The Balaban J connectivity index is 2.99. The van der Waals surface area contributed by atoms with E-state index in [4.69, 9.17) is 0 Å². The number of carbonyl (C=O) groups excluding carboxylic acids is 1. The lowest BCUT2D eigenvalue weighted by Crippen LogP contribution is -2.29. The van der Waals surface area contributed by atoms with Crippen molar-refractivity contribution in [2.24, 2.45) is 0 Å². The average molecular weight is 289 g/mol. The molecule has 0 fully saturated rings. The van der Waals surface area contributed by atoms with Crippen LogP contribution in [0.4, 0.5) is 0 Å². The Morgan fingerprint density at radius 2 is 2.06 bits per heavy atom. The first-order valence-corrected chi connectivity index (χ1v) is 5.46. The summed E-state index contributed by atoms with van der Waals surface area (Å²) < 4.78 is 4.99. The van der Waals surface area contributed by atoms with Gasteiger partial charge in [-0.25, -0.2) is 4.79 Å². The van der Waals surface area contributed by atoms with Crippen LogP contribution in [0.25, 0.3) is 0 Å². The summed E-state index contributed by atoms with van der Waals surface area (Å²) >= 11 is 3.25. The maximum Gasteiger partial charge on any atom is 0.337 e. The molecule has 0 aliphatic heterocycles. The van der Waals surface area contributed by atoms with Crippen LogP contribution in [0, 0.1) is 6.92 Å². The molecule has 16 heavy (non-hydrogen) atoms. The van der Waals surface area contributed by atoms with E-state index in [1.165, 1.54) is 0 Å². The number of carbonyl (C=O) groups is 1. The van der Waals surface area contributed by atoms with E-state index < -0.39 is 18.2 Å². The van der Waals surface area contributed by atoms with E-state index in [-0.39, 0.29) is 0 Å². The Morgan fingerprint density at radius 3 is 2.62 bits per heavy atom. The smallest absolute Gasteiger partial charge is 0.337 e. The summed E-state index contributed by atoms with van der Waals surface area (Å²) in [6.07, 6.45) is -2.88. The zero-order valence-corrected chi connectivity index (χ0v) is 10.6. The van der Waals surface area contributed by atoms with Gasteiger partial charge in [0.2, 0.25) is 0 Å². The normalized spacial score (nSPS) is 14.3. The first kappa shape index (κ1) is 13.2. The van der Waals surface area contributed by atoms with Crippen molar-refractivity contribution in [3.8, 4) is 0 Å². The van der Waals surface area contributed by atoms with E-state index in [1.54, 1.807) is 12.1 Å². The van der Waals surface area contributed by atoms with E-state index in [0.29, 0.717) is 10.0 Å². The van der Waals surface area contributed by atoms with Crippen LogP contribution in [0.1, 0.15) is 17.2 Å². The Hall–Kier alpha value is -0.910. The number of aliphatic hydroxyl groups is 2. The summed E-state index contributed by atoms with van der Waals surface area (Å²) in [5.41, 5.74) is 1.38. The lowest BCUT2D eigenvalue weighted by Gasteiger charge is -2.17. The molecule has 88 valence electrons. The van der Waals surface area contributed by atoms with Gasteiger partial charge in [-0.2, -0.15) is 0 Å². The molecule has 4 nitrogen and oxygen atoms in total. The highest BCUT2D eigenvalue weighted by Crippen LogP contribution is 2.27. The number of benzene rings is 1. The molecular formula is C11H13BrO4. The average Bonchev–Trinajstić information content (AvgIpc) is 2.29. The number of hydrogen-bond donors (Lipinski definition) is 2. The van der Waals surface area contributed by atoms with Crippen molar-refractivity contribution in [3.63, 3.8) is 0 Å². The van der Waals surface area contributed by atoms with Gasteiger partial charge in [-0.05, 0) is 18.6 Å². The zero-order chi connectivity index (χ0) is 12.3. The molecule has 0 saturated heterocycles. The molecule has 2 unspecified atom stereocenters. The van der Waals surface area contributed by atoms with Crippen molar-refractivity contribution in [3.05, 3.63) is 33.8 Å². The van der Waals surface area contributed by atoms with Crippen molar-refractivity contribution in [1.82, 2.24) is 0 Å². The molecule has 0 aliphatic rings. The molecular weight excluding hydrogens is 276 g/mol. The number of halogens is 1. The van der Waals surface area contributed by atoms with Crippen molar-refractivity contribution in [1.29, 1.82) is 0 Å². The SMILES string of the molecule is COC(=O)C(O)C(O)c1cc(C)ccc1Br. The third kappa shape index (κ3) is 2.81. The van der Waals surface area contributed by atoms with Crippen LogP contribution in [0.5, 0.6) is 0 Å². The lowest BCUT2D eigenvalue weighted by atomic mass is 10.0. The van der Waals surface area contributed by atoms with Gasteiger partial charge in [-0.3, -0.25) is 0 Å². The fraction of sp³-hybridized carbons (Fsp3) is 0.364. The Kier molecular flexibility index (Phi) is 4.46. The highest BCUT2D eigenvalue weighted by atomic mass is 79.9. The Labute approximate surface area is 102 Å². The second kappa shape index (κ2) is 5.43. The van der Waals surface area contributed by atoms with Gasteiger partial charge in [0.25, 0.3) is 0 Å². The minimum atomic E-state index is -1.58. The Morgan fingerprint density at radius 1 is 1.44 bits per heavy atom. The molecule has 0 aliphatic carbocycles. The van der Waals surface area contributed by atoms with Crippen LogP contribution in [0.3, 0.4) is 0 Å². The largest absolute Gasteiger partial charge is 0.467 e. The van der Waals surface area contributed by atoms with E-state index >= 15 is 0 Å². The third-order valence-electron chi connectivity index (χ3n) is 2.21. The fourth-order valence-electron chi connectivity index (χ4n) is 1.31. The van der Waals surface area contributed by atoms with Crippen molar-refractivity contribution >= 4 is 21.9 Å². The van der Waals surface area contributed by atoms with Gasteiger partial charge in [-0.1, -0.05) is 33.6 Å². The number of aryl methyl sites for hydroxylation is 1. The summed E-state index contributed by atoms with van der Waals surface area (Å²) in [4.78, 5) is 11.1. The molecule has 0 spiro atoms. The van der Waals surface area contributed by atoms with E-state index in [2.05, 4.69) is 20.7 Å². The number of hydrogen-bond acceptors (Lipinski definition) is 4. The van der Waals surface area contributed by atoms with Crippen LogP contribution in [0.2, 0.25) is 0 Å². The van der Waals surface area contributed by atoms with Crippen LogP contribution in [0.15, 0.2) is 22.7 Å². The molecule has 1 aromatic carbocycles. The topological polar surface area (TPSA) is 66.8 Å². The maximum atomic E-state index is 11.1. The molecule has 2 atom stereocenters. The predicted octanol–water partition coefficient (Wildman–Crippen LogP) is 1.32. The fourth-order valence-corrected chi connectivity index (χ4v) is 1.79. The minimum Gasteiger partial charge on any atom is -0.467 e. The number of methoxy groups -OCH3 is 1. The van der Waals surface area contributed by atoms with Crippen molar-refractivity contribution in [2.75, 3.05) is 7.11 Å². The first-order chi connectivity index (χ1) is 7.47. The van der Waals surface area contributed by atoms with Gasteiger partial charge in [0.05, 0.1) is 7.11 Å². The molecule has 1 aromatic rings. The van der Waals surface area contributed by atoms with Gasteiger partial charge in [0.1, 0.15) is 6.10 Å². The van der Waals surface area contributed by atoms with Crippen LogP contribution in [-0.4, -0.2) is 29.4 Å². The molecule has 0 radical (unpaired) electrons. The van der Waals surface area contributed by atoms with Gasteiger partial charge in [0, 0.05) is 4.47 Å². The van der Waals surface area contributed by atoms with Gasteiger partial charge >= 0.3 is 5.97 Å². The van der Waals surface area contributed by atoms with Crippen molar-refractivity contribution < 1.29 is 19.7 Å². The van der Waals surface area contributed by atoms with E-state index in [1.807, 2.05) is 13.0 Å². The first-order valence-electron chi connectivity index (χ1n) is 4.67. The van der Waals surface area contributed by atoms with E-state index in [0.717, 1.165) is 12.7 Å². The summed E-state index contributed by atoms with van der Waals surface area (Å²) in [6.45, 7) is 1.85. The molecule has 0 amide bonds. The summed E-state index contributed by atoms with van der Waals surface area (Å²) in [7, 11) is 1.16. The molecule has 0 aromatic heterocycles. The van der Waals surface area contributed by atoms with Gasteiger partial charge < -0.3 is 14.9 Å². The number of ether oxygens (including phenoxy) is 1. The monoisotopic (exact) mass is 288 g/mol. The number of esters is 1. The van der Waals surface area contributed by atoms with Gasteiger partial charge in [0.15, 0.2) is 6.10 Å².